The Labute approximate surface area is 115 Å². The molecule has 0 heterocycles. The minimum Gasteiger partial charge on any atom is -0.314 e. The number of nitrogens with one attached hydrogen (secondary N) is 1. The number of halogens is 1. The smallest absolute Gasteiger partial charge is 0.124 e. The van der Waals surface area contributed by atoms with Crippen LogP contribution in [0.2, 0.25) is 0 Å². The molecule has 1 rings (SSSR count). The molecule has 0 aliphatic rings. The fourth-order valence-electron chi connectivity index (χ4n) is 1.79. The lowest BCUT2D eigenvalue weighted by Gasteiger charge is -2.12. The van der Waals surface area contributed by atoms with Crippen molar-refractivity contribution in [2.45, 2.75) is 50.5 Å². The van der Waals surface area contributed by atoms with E-state index in [-0.39, 0.29) is 5.82 Å². The van der Waals surface area contributed by atoms with E-state index in [9.17, 15) is 4.39 Å². The van der Waals surface area contributed by atoms with Crippen molar-refractivity contribution in [2.24, 2.45) is 0 Å². The lowest BCUT2D eigenvalue weighted by Crippen LogP contribution is -2.26. The summed E-state index contributed by atoms with van der Waals surface area (Å²) in [5.74, 6) is 0.932. The summed E-state index contributed by atoms with van der Waals surface area (Å²) in [6.45, 7) is 5.55. The number of rotatable bonds is 9. The molecule has 102 valence electrons. The maximum atomic E-state index is 12.9. The Hall–Kier alpha value is -0.540. The molecule has 0 amide bonds. The molecule has 1 aromatic rings. The fourth-order valence-corrected chi connectivity index (χ4v) is 2.75. The first-order valence-corrected chi connectivity index (χ1v) is 7.82. The summed E-state index contributed by atoms with van der Waals surface area (Å²) in [7, 11) is 0. The van der Waals surface area contributed by atoms with Crippen molar-refractivity contribution >= 4 is 11.8 Å². The maximum Gasteiger partial charge on any atom is 0.124 e. The van der Waals surface area contributed by atoms with Gasteiger partial charge in [-0.25, -0.2) is 4.39 Å². The van der Waals surface area contributed by atoms with E-state index >= 15 is 0 Å². The highest BCUT2D eigenvalue weighted by atomic mass is 32.2. The highest BCUT2D eigenvalue weighted by Gasteiger charge is 2.00. The van der Waals surface area contributed by atoms with Crippen LogP contribution in [0.1, 0.15) is 39.5 Å². The molecule has 0 radical (unpaired) electrons. The van der Waals surface area contributed by atoms with Crippen molar-refractivity contribution in [3.05, 3.63) is 30.1 Å². The highest BCUT2D eigenvalue weighted by Crippen LogP contribution is 2.20. The normalized spacial score (nSPS) is 12.6. The Bertz CT molecular complexity index is 330. The van der Waals surface area contributed by atoms with Crippen LogP contribution in [0.25, 0.3) is 0 Å². The summed E-state index contributed by atoms with van der Waals surface area (Å²) in [6.07, 6.45) is 4.85. The molecular formula is C15H24FNS. The van der Waals surface area contributed by atoms with Crippen molar-refractivity contribution in [3.8, 4) is 0 Å². The largest absolute Gasteiger partial charge is 0.314 e. The topological polar surface area (TPSA) is 12.0 Å². The van der Waals surface area contributed by atoms with Gasteiger partial charge >= 0.3 is 0 Å². The Balaban J connectivity index is 2.05. The van der Waals surface area contributed by atoms with Crippen molar-refractivity contribution in [1.82, 2.24) is 5.32 Å². The van der Waals surface area contributed by atoms with Gasteiger partial charge in [0.05, 0.1) is 0 Å². The van der Waals surface area contributed by atoms with Crippen LogP contribution in [0.15, 0.2) is 29.2 Å². The number of thioether (sulfide) groups is 1. The van der Waals surface area contributed by atoms with E-state index in [1.807, 2.05) is 6.07 Å². The molecule has 0 saturated carbocycles. The Morgan fingerprint density at radius 3 is 2.89 bits per heavy atom. The van der Waals surface area contributed by atoms with Gasteiger partial charge in [-0.15, -0.1) is 11.8 Å². The SMILES string of the molecule is CCCNC(C)CCCCSc1cccc(F)c1. The second-order valence-corrected chi connectivity index (χ2v) is 5.83. The molecule has 1 aromatic carbocycles. The summed E-state index contributed by atoms with van der Waals surface area (Å²) in [5.41, 5.74) is 0. The molecule has 3 heteroatoms. The van der Waals surface area contributed by atoms with E-state index in [2.05, 4.69) is 19.2 Å². The van der Waals surface area contributed by atoms with Gasteiger partial charge in [-0.05, 0) is 56.7 Å². The standard InChI is InChI=1S/C15H24FNS/c1-3-10-17-13(2)7-4-5-11-18-15-9-6-8-14(16)12-15/h6,8-9,12-13,17H,3-5,7,10-11H2,1-2H3. The minimum atomic E-state index is -0.141. The molecule has 0 aromatic heterocycles. The second-order valence-electron chi connectivity index (χ2n) is 4.66. The average molecular weight is 269 g/mol. The first-order chi connectivity index (χ1) is 8.72. The molecule has 0 aliphatic carbocycles. The molecule has 18 heavy (non-hydrogen) atoms. The van der Waals surface area contributed by atoms with Gasteiger partial charge < -0.3 is 5.32 Å². The molecule has 1 atom stereocenters. The zero-order valence-electron chi connectivity index (χ0n) is 11.4. The lowest BCUT2D eigenvalue weighted by atomic mass is 10.1. The van der Waals surface area contributed by atoms with Gasteiger partial charge in [-0.1, -0.05) is 19.4 Å². The maximum absolute atomic E-state index is 12.9. The van der Waals surface area contributed by atoms with Gasteiger partial charge in [0.15, 0.2) is 0 Å². The first kappa shape index (κ1) is 15.5. The molecule has 0 saturated heterocycles. The van der Waals surface area contributed by atoms with Crippen LogP contribution >= 0.6 is 11.8 Å². The third-order valence-electron chi connectivity index (χ3n) is 2.84. The highest BCUT2D eigenvalue weighted by molar-refractivity contribution is 7.99. The van der Waals surface area contributed by atoms with Gasteiger partial charge in [0.2, 0.25) is 0 Å². The van der Waals surface area contributed by atoms with Crippen LogP contribution in [0.4, 0.5) is 4.39 Å². The average Bonchev–Trinajstić information content (AvgIpc) is 2.36. The molecular weight excluding hydrogens is 245 g/mol. The summed E-state index contributed by atoms with van der Waals surface area (Å²) >= 11 is 1.74. The number of benzene rings is 1. The molecule has 0 fully saturated rings. The molecule has 0 spiro atoms. The Morgan fingerprint density at radius 2 is 2.17 bits per heavy atom. The Morgan fingerprint density at radius 1 is 1.33 bits per heavy atom. The molecule has 1 N–H and O–H groups in total. The summed E-state index contributed by atoms with van der Waals surface area (Å²) < 4.78 is 12.9. The molecule has 1 unspecified atom stereocenters. The fraction of sp³-hybridized carbons (Fsp3) is 0.600. The monoisotopic (exact) mass is 269 g/mol. The van der Waals surface area contributed by atoms with Gasteiger partial charge in [-0.2, -0.15) is 0 Å². The molecule has 0 aliphatic heterocycles. The van der Waals surface area contributed by atoms with E-state index < -0.39 is 0 Å². The van der Waals surface area contributed by atoms with E-state index in [1.54, 1.807) is 23.9 Å². The third kappa shape index (κ3) is 7.02. The summed E-state index contributed by atoms with van der Waals surface area (Å²) in [6, 6.07) is 7.46. The van der Waals surface area contributed by atoms with E-state index in [4.69, 9.17) is 0 Å². The van der Waals surface area contributed by atoms with Gasteiger partial charge in [0.1, 0.15) is 5.82 Å². The minimum absolute atomic E-state index is 0.141. The molecule has 0 bridgehead atoms. The van der Waals surface area contributed by atoms with Crippen LogP contribution < -0.4 is 5.32 Å². The first-order valence-electron chi connectivity index (χ1n) is 6.84. The third-order valence-corrected chi connectivity index (χ3v) is 3.92. The van der Waals surface area contributed by atoms with Crippen LogP contribution in [0, 0.1) is 5.82 Å². The predicted molar refractivity (Wildman–Crippen MR) is 78.7 cm³/mol. The van der Waals surface area contributed by atoms with Crippen molar-refractivity contribution in [3.63, 3.8) is 0 Å². The van der Waals surface area contributed by atoms with E-state index in [0.717, 1.165) is 17.2 Å². The number of unbranched alkanes of at least 4 members (excludes halogenated alkanes) is 1. The summed E-state index contributed by atoms with van der Waals surface area (Å²) in [5, 5.41) is 3.49. The van der Waals surface area contributed by atoms with Crippen molar-refractivity contribution < 1.29 is 4.39 Å². The zero-order valence-corrected chi connectivity index (χ0v) is 12.2. The Kier molecular flexibility index (Phi) is 8.10. The number of hydrogen-bond donors (Lipinski definition) is 1. The van der Waals surface area contributed by atoms with Crippen molar-refractivity contribution in [2.75, 3.05) is 12.3 Å². The summed E-state index contributed by atoms with van der Waals surface area (Å²) in [4.78, 5) is 1.03. The molecule has 1 nitrogen and oxygen atoms in total. The van der Waals surface area contributed by atoms with Crippen molar-refractivity contribution in [1.29, 1.82) is 0 Å². The quantitative estimate of drug-likeness (QED) is 0.524. The van der Waals surface area contributed by atoms with Crippen LogP contribution in [-0.4, -0.2) is 18.3 Å². The predicted octanol–water partition coefficient (Wildman–Crippen LogP) is 4.48. The van der Waals surface area contributed by atoms with E-state index in [0.29, 0.717) is 6.04 Å². The zero-order chi connectivity index (χ0) is 13.2. The van der Waals surface area contributed by atoms with E-state index in [1.165, 1.54) is 31.7 Å². The van der Waals surface area contributed by atoms with Gasteiger partial charge in [0, 0.05) is 10.9 Å². The van der Waals surface area contributed by atoms with Crippen LogP contribution in [0.5, 0.6) is 0 Å². The van der Waals surface area contributed by atoms with Gasteiger partial charge in [-0.3, -0.25) is 0 Å². The van der Waals surface area contributed by atoms with Crippen LogP contribution in [0.3, 0.4) is 0 Å². The lowest BCUT2D eigenvalue weighted by molar-refractivity contribution is 0.496. The van der Waals surface area contributed by atoms with Crippen LogP contribution in [-0.2, 0) is 0 Å². The second kappa shape index (κ2) is 9.40. The van der Waals surface area contributed by atoms with Gasteiger partial charge in [0.25, 0.3) is 0 Å². The number of hydrogen-bond acceptors (Lipinski definition) is 2.